The van der Waals surface area contributed by atoms with Crippen molar-refractivity contribution in [2.75, 3.05) is 6.61 Å². The van der Waals surface area contributed by atoms with Gasteiger partial charge in [0.25, 0.3) is 0 Å². The summed E-state index contributed by atoms with van der Waals surface area (Å²) in [4.78, 5) is 12.2. The number of carbonyl (C=O) groups excluding carboxylic acids is 1. The minimum absolute atomic E-state index is 0.0464. The molecule has 4 fully saturated rings. The lowest BCUT2D eigenvalue weighted by Crippen LogP contribution is -2.42. The predicted molar refractivity (Wildman–Crippen MR) is 83.4 cm³/mol. The van der Waals surface area contributed by atoms with Gasteiger partial charge in [-0.25, -0.2) is 4.79 Å². The molecule has 126 valence electrons. The fourth-order valence-electron chi connectivity index (χ4n) is 6.53. The molecule has 5 aliphatic rings. The first-order chi connectivity index (χ1) is 11.2. The second-order valence-electron chi connectivity index (χ2n) is 8.27. The van der Waals surface area contributed by atoms with E-state index in [1.807, 2.05) is 0 Å². The highest BCUT2D eigenvalue weighted by Gasteiger charge is 2.64. The van der Waals surface area contributed by atoms with Gasteiger partial charge < -0.3 is 14.2 Å². The molecule has 0 aromatic heterocycles. The number of rotatable bonds is 2. The fourth-order valence-corrected chi connectivity index (χ4v) is 6.53. The van der Waals surface area contributed by atoms with E-state index in [1.54, 1.807) is 0 Å². The summed E-state index contributed by atoms with van der Waals surface area (Å²) in [7, 11) is 0. The minimum atomic E-state index is -0.517. The van der Waals surface area contributed by atoms with Crippen LogP contribution in [0.15, 0.2) is 12.2 Å². The van der Waals surface area contributed by atoms with E-state index in [-0.39, 0.29) is 6.10 Å². The average Bonchev–Trinajstić information content (AvgIpc) is 3.28. The Morgan fingerprint density at radius 1 is 1.04 bits per heavy atom. The Hall–Kier alpha value is -1.03. The first kappa shape index (κ1) is 14.3. The summed E-state index contributed by atoms with van der Waals surface area (Å²) in [6.07, 6.45) is 9.47. The Kier molecular flexibility index (Phi) is 3.26. The van der Waals surface area contributed by atoms with Gasteiger partial charge >= 0.3 is 6.16 Å². The molecule has 4 nitrogen and oxygen atoms in total. The van der Waals surface area contributed by atoms with Crippen LogP contribution in [0.3, 0.4) is 0 Å². The van der Waals surface area contributed by atoms with E-state index < -0.39 is 12.4 Å². The molecule has 1 aliphatic heterocycles. The molecular formula is C19H26O4. The highest BCUT2D eigenvalue weighted by molar-refractivity contribution is 5.60. The van der Waals surface area contributed by atoms with Crippen molar-refractivity contribution >= 4 is 6.16 Å². The van der Waals surface area contributed by atoms with Gasteiger partial charge in [0, 0.05) is 12.3 Å². The van der Waals surface area contributed by atoms with E-state index in [2.05, 4.69) is 19.1 Å². The van der Waals surface area contributed by atoms with Crippen LogP contribution in [0.25, 0.3) is 0 Å². The van der Waals surface area contributed by atoms with Crippen LogP contribution in [-0.4, -0.2) is 25.2 Å². The molecular weight excluding hydrogens is 292 g/mol. The summed E-state index contributed by atoms with van der Waals surface area (Å²) in [5.41, 5.74) is 0. The quantitative estimate of drug-likeness (QED) is 0.442. The molecule has 0 aromatic carbocycles. The van der Waals surface area contributed by atoms with Crippen LogP contribution >= 0.6 is 0 Å². The maximum atomic E-state index is 12.2. The van der Waals surface area contributed by atoms with Crippen molar-refractivity contribution in [2.24, 2.45) is 41.4 Å². The molecule has 23 heavy (non-hydrogen) atoms. The third kappa shape index (κ3) is 2.10. The topological polar surface area (TPSA) is 44.8 Å². The van der Waals surface area contributed by atoms with Crippen molar-refractivity contribution in [3.05, 3.63) is 12.2 Å². The molecule has 9 unspecified atom stereocenters. The summed E-state index contributed by atoms with van der Waals surface area (Å²) >= 11 is 0. The zero-order chi connectivity index (χ0) is 15.6. The van der Waals surface area contributed by atoms with E-state index in [0.29, 0.717) is 18.4 Å². The zero-order valence-corrected chi connectivity index (χ0v) is 13.7. The monoisotopic (exact) mass is 318 g/mol. The van der Waals surface area contributed by atoms with Crippen LogP contribution in [0.4, 0.5) is 4.79 Å². The van der Waals surface area contributed by atoms with Crippen LogP contribution in [0, 0.1) is 41.4 Å². The number of allylic oxidation sites excluding steroid dienone is 2. The first-order valence-corrected chi connectivity index (χ1v) is 9.39. The largest absolute Gasteiger partial charge is 0.510 e. The van der Waals surface area contributed by atoms with Crippen LogP contribution in [0.5, 0.6) is 0 Å². The minimum Gasteiger partial charge on any atom is -0.430 e. The third-order valence-corrected chi connectivity index (χ3v) is 7.33. The molecule has 5 rings (SSSR count). The van der Waals surface area contributed by atoms with Crippen molar-refractivity contribution in [3.8, 4) is 0 Å². The van der Waals surface area contributed by atoms with Gasteiger partial charge in [0.05, 0.1) is 6.61 Å². The lowest BCUT2D eigenvalue weighted by Gasteiger charge is -2.39. The lowest BCUT2D eigenvalue weighted by molar-refractivity contribution is -0.152. The third-order valence-electron chi connectivity index (χ3n) is 7.33. The first-order valence-electron chi connectivity index (χ1n) is 9.39. The van der Waals surface area contributed by atoms with Gasteiger partial charge in [-0.05, 0) is 61.2 Å². The summed E-state index contributed by atoms with van der Waals surface area (Å²) in [6.45, 7) is 2.95. The number of ether oxygens (including phenoxy) is 3. The van der Waals surface area contributed by atoms with E-state index in [4.69, 9.17) is 14.2 Å². The molecule has 0 spiro atoms. The Balaban J connectivity index is 1.25. The van der Waals surface area contributed by atoms with Crippen molar-refractivity contribution in [1.29, 1.82) is 0 Å². The maximum absolute atomic E-state index is 12.2. The summed E-state index contributed by atoms with van der Waals surface area (Å²) in [5, 5.41) is 0. The lowest BCUT2D eigenvalue weighted by atomic mass is 9.68. The van der Waals surface area contributed by atoms with Crippen molar-refractivity contribution in [2.45, 2.75) is 51.4 Å². The van der Waals surface area contributed by atoms with Crippen LogP contribution < -0.4 is 0 Å². The number of carbonyl (C=O) groups is 1. The van der Waals surface area contributed by atoms with E-state index in [1.165, 1.54) is 12.8 Å². The predicted octanol–water partition coefficient (Wildman–Crippen LogP) is 3.76. The highest BCUT2D eigenvalue weighted by atomic mass is 16.8. The molecule has 0 aromatic rings. The summed E-state index contributed by atoms with van der Waals surface area (Å²) in [5.74, 6) is 4.86. The molecule has 9 atom stereocenters. The zero-order valence-electron chi connectivity index (χ0n) is 13.7. The molecule has 3 saturated carbocycles. The summed E-state index contributed by atoms with van der Waals surface area (Å²) in [6, 6.07) is 0. The van der Waals surface area contributed by atoms with E-state index >= 15 is 0 Å². The second-order valence-corrected chi connectivity index (χ2v) is 8.27. The van der Waals surface area contributed by atoms with Gasteiger partial charge in [-0.15, -0.1) is 0 Å². The Morgan fingerprint density at radius 3 is 2.57 bits per heavy atom. The highest BCUT2D eigenvalue weighted by Crippen LogP contribution is 2.67. The van der Waals surface area contributed by atoms with Crippen molar-refractivity contribution in [1.82, 2.24) is 0 Å². The van der Waals surface area contributed by atoms with Crippen LogP contribution in [0.2, 0.25) is 0 Å². The number of hydrogen-bond acceptors (Lipinski definition) is 4. The number of hydrogen-bond donors (Lipinski definition) is 0. The average molecular weight is 318 g/mol. The van der Waals surface area contributed by atoms with Gasteiger partial charge in [0.1, 0.15) is 6.10 Å². The summed E-state index contributed by atoms with van der Waals surface area (Å²) < 4.78 is 16.7. The SMILES string of the molecule is CC1C2CC(C1OC(=O)OC1CCCCO1)C1C3C=CC(C3)C21. The van der Waals surface area contributed by atoms with E-state index in [0.717, 1.165) is 48.9 Å². The normalized spacial score (nSPS) is 52.7. The Labute approximate surface area is 137 Å². The van der Waals surface area contributed by atoms with Gasteiger partial charge in [-0.3, -0.25) is 0 Å². The van der Waals surface area contributed by atoms with Crippen molar-refractivity contribution < 1.29 is 19.0 Å². The second kappa shape index (κ2) is 5.23. The number of fused-ring (bicyclic) bond motifs is 9. The van der Waals surface area contributed by atoms with Crippen LogP contribution in [-0.2, 0) is 14.2 Å². The maximum Gasteiger partial charge on any atom is 0.510 e. The molecule has 1 saturated heterocycles. The standard InChI is InChI=1S/C19H26O4/c1-10-13-9-14(17-12-6-5-11(8-12)16(13)17)18(10)23-19(20)22-15-4-2-3-7-21-15/h5-6,10-18H,2-4,7-9H2,1H3. The fraction of sp³-hybridized carbons (Fsp3) is 0.842. The molecule has 4 aliphatic carbocycles. The van der Waals surface area contributed by atoms with Gasteiger partial charge in [-0.2, -0.15) is 0 Å². The van der Waals surface area contributed by atoms with Crippen LogP contribution in [0.1, 0.15) is 39.0 Å². The van der Waals surface area contributed by atoms with Crippen molar-refractivity contribution in [3.63, 3.8) is 0 Å². The molecule has 0 N–H and O–H groups in total. The van der Waals surface area contributed by atoms with Gasteiger partial charge in [-0.1, -0.05) is 19.1 Å². The molecule has 0 radical (unpaired) electrons. The molecule has 1 heterocycles. The molecule has 0 amide bonds. The van der Waals surface area contributed by atoms with Gasteiger partial charge in [0.2, 0.25) is 6.29 Å². The van der Waals surface area contributed by atoms with E-state index in [9.17, 15) is 4.79 Å². The van der Waals surface area contributed by atoms with Gasteiger partial charge in [0.15, 0.2) is 0 Å². The Bertz CT molecular complexity index is 523. The molecule has 4 heteroatoms. The molecule has 4 bridgehead atoms. The smallest absolute Gasteiger partial charge is 0.430 e. The Morgan fingerprint density at radius 2 is 1.83 bits per heavy atom.